The molecule has 1 aromatic carbocycles. The van der Waals surface area contributed by atoms with Crippen molar-refractivity contribution in [1.82, 2.24) is 9.29 Å². The number of aryl methyl sites for hydroxylation is 1. The number of benzene rings is 1. The fourth-order valence-corrected chi connectivity index (χ4v) is 6.22. The molecule has 0 bridgehead atoms. The molecule has 0 saturated carbocycles. The van der Waals surface area contributed by atoms with E-state index in [-0.39, 0.29) is 4.90 Å². The summed E-state index contributed by atoms with van der Waals surface area (Å²) in [5, 5.41) is 5.03. The molecule has 2 aromatic heterocycles. The maximum absolute atomic E-state index is 12.9. The molecule has 1 amide bonds. The van der Waals surface area contributed by atoms with E-state index in [1.807, 2.05) is 11.4 Å². The van der Waals surface area contributed by atoms with E-state index in [4.69, 9.17) is 16.3 Å². The number of amides is 1. The van der Waals surface area contributed by atoms with Crippen molar-refractivity contribution in [2.75, 3.05) is 31.6 Å². The quantitative estimate of drug-likeness (QED) is 0.590. The molecule has 0 atom stereocenters. The van der Waals surface area contributed by atoms with E-state index in [0.29, 0.717) is 46.9 Å². The molecule has 11 heteroatoms. The third-order valence-corrected chi connectivity index (χ3v) is 8.52. The number of halogens is 1. The summed E-state index contributed by atoms with van der Waals surface area (Å²) in [4.78, 5) is 18.3. The summed E-state index contributed by atoms with van der Waals surface area (Å²) in [5.41, 5.74) is 1.70. The fourth-order valence-electron chi connectivity index (χ4n) is 3.00. The van der Waals surface area contributed by atoms with Crippen LogP contribution in [0.15, 0.2) is 40.6 Å². The Balaban J connectivity index is 1.56. The summed E-state index contributed by atoms with van der Waals surface area (Å²) in [6.07, 6.45) is 0. The number of morpholine rings is 1. The topological polar surface area (TPSA) is 88.6 Å². The highest BCUT2D eigenvalue weighted by Crippen LogP contribution is 2.33. The van der Waals surface area contributed by atoms with Crippen LogP contribution in [0.1, 0.15) is 15.9 Å². The highest BCUT2D eigenvalue weighted by molar-refractivity contribution is 7.89. The van der Waals surface area contributed by atoms with Gasteiger partial charge < -0.3 is 4.74 Å². The highest BCUT2D eigenvalue weighted by atomic mass is 35.5. The molecular formula is C19H18ClN3O4S3. The van der Waals surface area contributed by atoms with Gasteiger partial charge in [0.2, 0.25) is 10.0 Å². The van der Waals surface area contributed by atoms with E-state index < -0.39 is 15.9 Å². The van der Waals surface area contributed by atoms with E-state index in [1.54, 1.807) is 19.1 Å². The second-order valence-electron chi connectivity index (χ2n) is 6.59. The molecule has 1 aliphatic heterocycles. The zero-order valence-corrected chi connectivity index (χ0v) is 19.1. The first-order valence-corrected chi connectivity index (χ1v) is 12.6. The van der Waals surface area contributed by atoms with Crippen molar-refractivity contribution in [3.8, 4) is 10.6 Å². The van der Waals surface area contributed by atoms with Crippen molar-refractivity contribution >= 4 is 55.3 Å². The van der Waals surface area contributed by atoms with Crippen LogP contribution in [0.25, 0.3) is 10.6 Å². The molecule has 0 aliphatic carbocycles. The first-order valence-electron chi connectivity index (χ1n) is 9.06. The number of nitrogens with zero attached hydrogens (tertiary/aromatic N) is 2. The summed E-state index contributed by atoms with van der Waals surface area (Å²) in [5.74, 6) is -0.406. The van der Waals surface area contributed by atoms with E-state index in [2.05, 4.69) is 10.3 Å². The zero-order chi connectivity index (χ0) is 21.3. The van der Waals surface area contributed by atoms with Gasteiger partial charge in [0.1, 0.15) is 0 Å². The van der Waals surface area contributed by atoms with Gasteiger partial charge in [0.15, 0.2) is 5.13 Å². The van der Waals surface area contributed by atoms with Crippen molar-refractivity contribution < 1.29 is 17.9 Å². The number of ether oxygens (including phenoxy) is 1. The highest BCUT2D eigenvalue weighted by Gasteiger charge is 2.27. The van der Waals surface area contributed by atoms with Gasteiger partial charge in [0.05, 0.1) is 33.0 Å². The molecule has 1 saturated heterocycles. The number of nitrogens with one attached hydrogen (secondary N) is 1. The van der Waals surface area contributed by atoms with Gasteiger partial charge in [-0.1, -0.05) is 17.7 Å². The average Bonchev–Trinajstić information content (AvgIpc) is 3.37. The number of aromatic nitrogens is 1. The van der Waals surface area contributed by atoms with Crippen LogP contribution in [0.2, 0.25) is 4.34 Å². The fraction of sp³-hybridized carbons (Fsp3) is 0.263. The average molecular weight is 484 g/mol. The monoisotopic (exact) mass is 483 g/mol. The number of thiazole rings is 1. The molecule has 7 nitrogen and oxygen atoms in total. The lowest BCUT2D eigenvalue weighted by atomic mass is 10.1. The van der Waals surface area contributed by atoms with Gasteiger partial charge in [0.25, 0.3) is 5.91 Å². The molecular weight excluding hydrogens is 466 g/mol. The number of sulfonamides is 1. The number of hydrogen-bond acceptors (Lipinski definition) is 7. The number of thiophene rings is 1. The van der Waals surface area contributed by atoms with Gasteiger partial charge in [0, 0.05) is 24.0 Å². The van der Waals surface area contributed by atoms with Crippen LogP contribution in [-0.4, -0.2) is 49.9 Å². The minimum Gasteiger partial charge on any atom is -0.379 e. The predicted molar refractivity (Wildman–Crippen MR) is 119 cm³/mol. The summed E-state index contributed by atoms with van der Waals surface area (Å²) < 4.78 is 33.1. The van der Waals surface area contributed by atoms with Crippen molar-refractivity contribution in [3.63, 3.8) is 0 Å². The maximum Gasteiger partial charge on any atom is 0.257 e. The van der Waals surface area contributed by atoms with Crippen LogP contribution in [0, 0.1) is 6.92 Å². The Morgan fingerprint density at radius 1 is 1.23 bits per heavy atom. The lowest BCUT2D eigenvalue weighted by Crippen LogP contribution is -2.40. The number of carbonyl (C=O) groups is 1. The van der Waals surface area contributed by atoms with Crippen molar-refractivity contribution in [3.05, 3.63) is 51.2 Å². The lowest BCUT2D eigenvalue weighted by Gasteiger charge is -2.26. The van der Waals surface area contributed by atoms with Gasteiger partial charge in [-0.15, -0.1) is 22.7 Å². The molecule has 30 heavy (non-hydrogen) atoms. The Kier molecular flexibility index (Phi) is 6.24. The van der Waals surface area contributed by atoms with Crippen molar-refractivity contribution in [2.45, 2.75) is 11.8 Å². The van der Waals surface area contributed by atoms with E-state index in [9.17, 15) is 13.2 Å². The Labute approximate surface area is 187 Å². The molecule has 0 spiro atoms. The normalized spacial score (nSPS) is 15.3. The van der Waals surface area contributed by atoms with Gasteiger partial charge in [-0.05, 0) is 36.8 Å². The molecule has 3 heterocycles. The third-order valence-electron chi connectivity index (χ3n) is 4.61. The summed E-state index contributed by atoms with van der Waals surface area (Å²) >= 11 is 8.67. The van der Waals surface area contributed by atoms with Crippen molar-refractivity contribution in [2.24, 2.45) is 0 Å². The third kappa shape index (κ3) is 4.43. The van der Waals surface area contributed by atoms with Gasteiger partial charge >= 0.3 is 0 Å². The van der Waals surface area contributed by atoms with Gasteiger partial charge in [-0.2, -0.15) is 4.31 Å². The number of rotatable bonds is 5. The number of hydrogen-bond donors (Lipinski definition) is 1. The summed E-state index contributed by atoms with van der Waals surface area (Å²) in [7, 11) is -3.69. The molecule has 158 valence electrons. The Bertz CT molecular complexity index is 1180. The molecule has 1 fully saturated rings. The van der Waals surface area contributed by atoms with Crippen LogP contribution in [0.4, 0.5) is 5.13 Å². The number of carbonyl (C=O) groups excluding carboxylic acids is 1. The second kappa shape index (κ2) is 8.74. The maximum atomic E-state index is 12.9. The van der Waals surface area contributed by atoms with Crippen LogP contribution < -0.4 is 5.32 Å². The van der Waals surface area contributed by atoms with E-state index in [0.717, 1.165) is 10.6 Å². The molecule has 4 rings (SSSR count). The van der Waals surface area contributed by atoms with Crippen LogP contribution in [0.5, 0.6) is 0 Å². The van der Waals surface area contributed by atoms with Crippen molar-refractivity contribution in [1.29, 1.82) is 0 Å². The minimum atomic E-state index is -3.69. The summed E-state index contributed by atoms with van der Waals surface area (Å²) in [6.45, 7) is 3.08. The molecule has 1 N–H and O–H groups in total. The predicted octanol–water partition coefficient (Wildman–Crippen LogP) is 4.11. The molecule has 0 radical (unpaired) electrons. The smallest absolute Gasteiger partial charge is 0.257 e. The first-order chi connectivity index (χ1) is 14.3. The molecule has 3 aromatic rings. The SMILES string of the molecule is Cc1ccc(S(=O)(=O)N2CCOCC2)cc1C(=O)Nc1nc(-c2ccc(Cl)s2)cs1. The Hall–Kier alpha value is -1.82. The second-order valence-corrected chi connectivity index (χ2v) is 11.1. The molecule has 0 unspecified atom stereocenters. The summed E-state index contributed by atoms with van der Waals surface area (Å²) in [6, 6.07) is 8.26. The van der Waals surface area contributed by atoms with Gasteiger partial charge in [-0.3, -0.25) is 10.1 Å². The van der Waals surface area contributed by atoms with E-state index >= 15 is 0 Å². The number of anilines is 1. The molecule has 1 aliphatic rings. The van der Waals surface area contributed by atoms with Crippen LogP contribution in [0.3, 0.4) is 0 Å². The minimum absolute atomic E-state index is 0.0909. The standard InChI is InChI=1S/C19H18ClN3O4S3/c1-12-2-3-13(30(25,26)23-6-8-27-9-7-23)10-14(12)18(24)22-19-21-15(11-28-19)16-4-5-17(20)29-16/h2-5,10-11H,6-9H2,1H3,(H,21,22,24). The van der Waals surface area contributed by atoms with E-state index in [1.165, 1.54) is 39.1 Å². The lowest BCUT2D eigenvalue weighted by molar-refractivity contribution is 0.0730. The Morgan fingerprint density at radius 2 is 2.00 bits per heavy atom. The van der Waals surface area contributed by atoms with Crippen LogP contribution in [-0.2, 0) is 14.8 Å². The van der Waals surface area contributed by atoms with Crippen LogP contribution >= 0.6 is 34.3 Å². The largest absolute Gasteiger partial charge is 0.379 e. The van der Waals surface area contributed by atoms with Gasteiger partial charge in [-0.25, -0.2) is 13.4 Å². The Morgan fingerprint density at radius 3 is 2.70 bits per heavy atom. The zero-order valence-electron chi connectivity index (χ0n) is 15.9. The first kappa shape index (κ1) is 21.4.